The Kier molecular flexibility index (Phi) is 5.17. The van der Waals surface area contributed by atoms with Gasteiger partial charge >= 0.3 is 6.03 Å². The van der Waals surface area contributed by atoms with Crippen molar-refractivity contribution in [1.82, 2.24) is 4.90 Å². The molecule has 0 saturated carbocycles. The van der Waals surface area contributed by atoms with Crippen LogP contribution in [0, 0.1) is 6.92 Å². The molecule has 2 aromatic carbocycles. The number of urea groups is 1. The van der Waals surface area contributed by atoms with Gasteiger partial charge < -0.3 is 15.1 Å². The standard InChI is InChI=1S/C18H19Cl2N3O/c1-13-3-2-4-15(11-13)21-18(24)23-9-7-22(8-10-23)17-6-5-14(19)12-16(17)20/h2-6,11-12H,7-10H2,1H3,(H,21,24). The minimum atomic E-state index is -0.0672. The molecule has 1 saturated heterocycles. The van der Waals surface area contributed by atoms with Crippen molar-refractivity contribution in [2.75, 3.05) is 36.4 Å². The van der Waals surface area contributed by atoms with Crippen LogP contribution in [0.15, 0.2) is 42.5 Å². The van der Waals surface area contributed by atoms with E-state index in [1.807, 2.05) is 48.2 Å². The van der Waals surface area contributed by atoms with E-state index in [0.717, 1.165) is 30.0 Å². The predicted octanol–water partition coefficient (Wildman–Crippen LogP) is 4.66. The lowest BCUT2D eigenvalue weighted by atomic mass is 10.2. The molecule has 0 atom stereocenters. The Bertz CT molecular complexity index is 743. The van der Waals surface area contributed by atoms with Crippen molar-refractivity contribution in [1.29, 1.82) is 0 Å². The average molecular weight is 364 g/mol. The number of amides is 2. The smallest absolute Gasteiger partial charge is 0.321 e. The molecule has 1 heterocycles. The number of aryl methyl sites for hydroxylation is 1. The van der Waals surface area contributed by atoms with Gasteiger partial charge in [0.1, 0.15) is 0 Å². The van der Waals surface area contributed by atoms with Crippen LogP contribution in [0.5, 0.6) is 0 Å². The molecule has 1 aliphatic heterocycles. The van der Waals surface area contributed by atoms with Crippen LogP contribution in [0.1, 0.15) is 5.56 Å². The predicted molar refractivity (Wildman–Crippen MR) is 100 cm³/mol. The molecular weight excluding hydrogens is 345 g/mol. The lowest BCUT2D eigenvalue weighted by molar-refractivity contribution is 0.208. The summed E-state index contributed by atoms with van der Waals surface area (Å²) < 4.78 is 0. The zero-order valence-electron chi connectivity index (χ0n) is 13.4. The summed E-state index contributed by atoms with van der Waals surface area (Å²) in [6, 6.07) is 13.2. The number of hydrogen-bond donors (Lipinski definition) is 1. The number of hydrogen-bond acceptors (Lipinski definition) is 2. The van der Waals surface area contributed by atoms with Gasteiger partial charge in [-0.1, -0.05) is 35.3 Å². The van der Waals surface area contributed by atoms with E-state index < -0.39 is 0 Å². The molecule has 0 aliphatic carbocycles. The molecule has 3 rings (SSSR count). The van der Waals surface area contributed by atoms with Gasteiger partial charge in [0.2, 0.25) is 0 Å². The van der Waals surface area contributed by atoms with E-state index in [-0.39, 0.29) is 6.03 Å². The zero-order valence-corrected chi connectivity index (χ0v) is 14.9. The van der Waals surface area contributed by atoms with Gasteiger partial charge in [-0.05, 0) is 42.8 Å². The maximum Gasteiger partial charge on any atom is 0.321 e. The Labute approximate surface area is 152 Å². The topological polar surface area (TPSA) is 35.6 Å². The fraction of sp³-hybridized carbons (Fsp3) is 0.278. The molecule has 2 aromatic rings. The molecule has 6 heteroatoms. The summed E-state index contributed by atoms with van der Waals surface area (Å²) in [6.07, 6.45) is 0. The highest BCUT2D eigenvalue weighted by molar-refractivity contribution is 6.36. The SMILES string of the molecule is Cc1cccc(NC(=O)N2CCN(c3ccc(Cl)cc3Cl)CC2)c1. The van der Waals surface area contributed by atoms with Crippen LogP contribution < -0.4 is 10.2 Å². The van der Waals surface area contributed by atoms with E-state index in [2.05, 4.69) is 10.2 Å². The van der Waals surface area contributed by atoms with Crippen molar-refractivity contribution >= 4 is 40.6 Å². The second-order valence-electron chi connectivity index (χ2n) is 5.87. The molecule has 1 aliphatic rings. The highest BCUT2D eigenvalue weighted by Crippen LogP contribution is 2.29. The largest absolute Gasteiger partial charge is 0.367 e. The Morgan fingerprint density at radius 2 is 1.79 bits per heavy atom. The van der Waals surface area contributed by atoms with Gasteiger partial charge in [-0.2, -0.15) is 0 Å². The maximum absolute atomic E-state index is 12.4. The maximum atomic E-state index is 12.4. The number of nitrogens with zero attached hydrogens (tertiary/aromatic N) is 2. The van der Waals surface area contributed by atoms with E-state index in [0.29, 0.717) is 23.1 Å². The van der Waals surface area contributed by atoms with Crippen LogP contribution in [0.2, 0.25) is 10.0 Å². The first kappa shape index (κ1) is 16.9. The van der Waals surface area contributed by atoms with Crippen LogP contribution in [0.4, 0.5) is 16.2 Å². The summed E-state index contributed by atoms with van der Waals surface area (Å²) >= 11 is 12.2. The van der Waals surface area contributed by atoms with E-state index in [1.165, 1.54) is 0 Å². The second-order valence-corrected chi connectivity index (χ2v) is 6.71. The Hall–Kier alpha value is -1.91. The fourth-order valence-corrected chi connectivity index (χ4v) is 3.34. The van der Waals surface area contributed by atoms with E-state index in [9.17, 15) is 4.79 Å². The number of benzene rings is 2. The number of carbonyl (C=O) groups is 1. The molecular formula is C18H19Cl2N3O. The number of rotatable bonds is 2. The second kappa shape index (κ2) is 7.32. The first-order valence-electron chi connectivity index (χ1n) is 7.85. The Balaban J connectivity index is 1.59. The van der Waals surface area contributed by atoms with Crippen LogP contribution in [0.25, 0.3) is 0 Å². The lowest BCUT2D eigenvalue weighted by Gasteiger charge is -2.36. The highest BCUT2D eigenvalue weighted by atomic mass is 35.5. The van der Waals surface area contributed by atoms with Crippen molar-refractivity contribution in [2.45, 2.75) is 6.92 Å². The Morgan fingerprint density at radius 1 is 1.04 bits per heavy atom. The summed E-state index contributed by atoms with van der Waals surface area (Å²) in [7, 11) is 0. The third kappa shape index (κ3) is 3.94. The van der Waals surface area contributed by atoms with Gasteiger partial charge in [0.05, 0.1) is 10.7 Å². The summed E-state index contributed by atoms with van der Waals surface area (Å²) in [5, 5.41) is 4.21. The van der Waals surface area contributed by atoms with Crippen LogP contribution in [0.3, 0.4) is 0 Å². The van der Waals surface area contributed by atoms with Gasteiger partial charge in [-0.25, -0.2) is 4.79 Å². The summed E-state index contributed by atoms with van der Waals surface area (Å²) in [4.78, 5) is 16.4. The van der Waals surface area contributed by atoms with Crippen LogP contribution >= 0.6 is 23.2 Å². The molecule has 4 nitrogen and oxygen atoms in total. The van der Waals surface area contributed by atoms with Gasteiger partial charge in [0, 0.05) is 36.9 Å². The Morgan fingerprint density at radius 3 is 2.46 bits per heavy atom. The molecule has 0 unspecified atom stereocenters. The lowest BCUT2D eigenvalue weighted by Crippen LogP contribution is -2.50. The zero-order chi connectivity index (χ0) is 17.1. The minimum Gasteiger partial charge on any atom is -0.367 e. The molecule has 24 heavy (non-hydrogen) atoms. The quantitative estimate of drug-likeness (QED) is 0.842. The van der Waals surface area contributed by atoms with Crippen molar-refractivity contribution in [2.24, 2.45) is 0 Å². The first-order valence-corrected chi connectivity index (χ1v) is 8.61. The third-order valence-corrected chi connectivity index (χ3v) is 4.62. The van der Waals surface area contributed by atoms with Gasteiger partial charge in [-0.15, -0.1) is 0 Å². The molecule has 2 amide bonds. The monoisotopic (exact) mass is 363 g/mol. The molecule has 126 valence electrons. The number of piperazine rings is 1. The summed E-state index contributed by atoms with van der Waals surface area (Å²) in [5.41, 5.74) is 2.90. The van der Waals surface area contributed by atoms with E-state index in [1.54, 1.807) is 6.07 Å². The van der Waals surface area contributed by atoms with E-state index in [4.69, 9.17) is 23.2 Å². The van der Waals surface area contributed by atoms with Crippen molar-refractivity contribution in [3.63, 3.8) is 0 Å². The third-order valence-electron chi connectivity index (χ3n) is 4.09. The number of anilines is 2. The highest BCUT2D eigenvalue weighted by Gasteiger charge is 2.22. The van der Waals surface area contributed by atoms with Crippen LogP contribution in [-0.2, 0) is 0 Å². The molecule has 0 aromatic heterocycles. The normalized spacial score (nSPS) is 14.6. The van der Waals surface area contributed by atoms with Crippen molar-refractivity contribution in [3.05, 3.63) is 58.1 Å². The van der Waals surface area contributed by atoms with Crippen LogP contribution in [-0.4, -0.2) is 37.1 Å². The summed E-state index contributed by atoms with van der Waals surface area (Å²) in [6.45, 7) is 4.78. The van der Waals surface area contributed by atoms with Crippen molar-refractivity contribution < 1.29 is 4.79 Å². The number of carbonyl (C=O) groups excluding carboxylic acids is 1. The molecule has 0 radical (unpaired) electrons. The molecule has 0 spiro atoms. The molecule has 1 fully saturated rings. The first-order chi connectivity index (χ1) is 11.5. The molecule has 0 bridgehead atoms. The summed E-state index contributed by atoms with van der Waals surface area (Å²) in [5.74, 6) is 0. The van der Waals surface area contributed by atoms with Gasteiger partial charge in [0.25, 0.3) is 0 Å². The minimum absolute atomic E-state index is 0.0672. The number of nitrogens with one attached hydrogen (secondary N) is 1. The molecule has 1 N–H and O–H groups in total. The van der Waals surface area contributed by atoms with E-state index >= 15 is 0 Å². The van der Waals surface area contributed by atoms with Gasteiger partial charge in [0.15, 0.2) is 0 Å². The van der Waals surface area contributed by atoms with Gasteiger partial charge in [-0.3, -0.25) is 0 Å². The average Bonchev–Trinajstić information content (AvgIpc) is 2.55. The van der Waals surface area contributed by atoms with Crippen molar-refractivity contribution in [3.8, 4) is 0 Å². The number of halogens is 2. The fourth-order valence-electron chi connectivity index (χ4n) is 2.81.